The lowest BCUT2D eigenvalue weighted by Crippen LogP contribution is -2.19. The van der Waals surface area contributed by atoms with Crippen LogP contribution in [0.2, 0.25) is 5.02 Å². The number of hydrogen-bond acceptors (Lipinski definition) is 3. The van der Waals surface area contributed by atoms with Gasteiger partial charge in [0.1, 0.15) is 5.75 Å². The molecule has 0 aliphatic rings. The molecule has 0 radical (unpaired) electrons. The van der Waals surface area contributed by atoms with Crippen LogP contribution in [0.25, 0.3) is 0 Å². The first-order valence-corrected chi connectivity index (χ1v) is 6.03. The van der Waals surface area contributed by atoms with Crippen LogP contribution in [0.4, 0.5) is 16.2 Å². The fourth-order valence-corrected chi connectivity index (χ4v) is 1.73. The summed E-state index contributed by atoms with van der Waals surface area (Å²) in [4.78, 5) is 11.8. The molecule has 2 aromatic carbocycles. The minimum atomic E-state index is -0.543. The number of phenols is 1. The first-order chi connectivity index (χ1) is 9.60. The number of nitrogens with one attached hydrogen (secondary N) is 2. The third kappa shape index (κ3) is 3.19. The van der Waals surface area contributed by atoms with Gasteiger partial charge in [0.2, 0.25) is 0 Å². The molecule has 0 bridgehead atoms. The molecular weight excluding hydrogens is 278 g/mol. The summed E-state index contributed by atoms with van der Waals surface area (Å²) in [5.41, 5.74) is 0.966. The minimum Gasteiger partial charge on any atom is -0.506 e. The SMILES string of the molecule is N#Cc1ccc(NC(=O)Nc2ccccc2Cl)c(O)c1. The summed E-state index contributed by atoms with van der Waals surface area (Å²) in [6.07, 6.45) is 0. The summed E-state index contributed by atoms with van der Waals surface area (Å²) in [5.74, 6) is -0.182. The Morgan fingerprint density at radius 1 is 1.15 bits per heavy atom. The summed E-state index contributed by atoms with van der Waals surface area (Å²) < 4.78 is 0. The van der Waals surface area contributed by atoms with Gasteiger partial charge in [-0.25, -0.2) is 4.79 Å². The van der Waals surface area contributed by atoms with Gasteiger partial charge >= 0.3 is 6.03 Å². The number of urea groups is 1. The normalized spacial score (nSPS) is 9.60. The van der Waals surface area contributed by atoms with E-state index in [9.17, 15) is 9.90 Å². The van der Waals surface area contributed by atoms with Crippen LogP contribution < -0.4 is 10.6 Å². The minimum absolute atomic E-state index is 0.182. The lowest BCUT2D eigenvalue weighted by molar-refractivity contribution is 0.262. The van der Waals surface area contributed by atoms with Crippen molar-refractivity contribution < 1.29 is 9.90 Å². The third-order valence-electron chi connectivity index (χ3n) is 2.50. The summed E-state index contributed by atoms with van der Waals surface area (Å²) in [5, 5.41) is 23.8. The molecule has 0 aliphatic heterocycles. The van der Waals surface area contributed by atoms with Crippen LogP contribution in [0.3, 0.4) is 0 Å². The van der Waals surface area contributed by atoms with Gasteiger partial charge < -0.3 is 15.7 Å². The molecule has 0 saturated heterocycles. The van der Waals surface area contributed by atoms with E-state index in [1.807, 2.05) is 6.07 Å². The number of benzene rings is 2. The van der Waals surface area contributed by atoms with Crippen LogP contribution >= 0.6 is 11.6 Å². The van der Waals surface area contributed by atoms with Crippen molar-refractivity contribution in [2.24, 2.45) is 0 Å². The zero-order chi connectivity index (χ0) is 14.5. The zero-order valence-corrected chi connectivity index (χ0v) is 11.0. The van der Waals surface area contributed by atoms with E-state index in [1.54, 1.807) is 24.3 Å². The molecule has 20 heavy (non-hydrogen) atoms. The van der Waals surface area contributed by atoms with Crippen LogP contribution in [0.15, 0.2) is 42.5 Å². The fourth-order valence-electron chi connectivity index (χ4n) is 1.55. The number of anilines is 2. The molecule has 2 rings (SSSR count). The van der Waals surface area contributed by atoms with Crippen LogP contribution in [0.1, 0.15) is 5.56 Å². The molecule has 100 valence electrons. The number of carbonyl (C=O) groups excluding carboxylic acids is 1. The average molecular weight is 288 g/mol. The monoisotopic (exact) mass is 287 g/mol. The topological polar surface area (TPSA) is 85.2 Å². The lowest BCUT2D eigenvalue weighted by atomic mass is 10.2. The molecule has 0 spiro atoms. The van der Waals surface area contributed by atoms with Crippen LogP contribution in [-0.2, 0) is 0 Å². The van der Waals surface area contributed by atoms with Crippen LogP contribution in [-0.4, -0.2) is 11.1 Å². The van der Waals surface area contributed by atoms with Gasteiger partial charge in [0.05, 0.1) is 28.0 Å². The van der Waals surface area contributed by atoms with Crippen molar-refractivity contribution in [2.45, 2.75) is 0 Å². The molecule has 0 fully saturated rings. The smallest absolute Gasteiger partial charge is 0.323 e. The highest BCUT2D eigenvalue weighted by Gasteiger charge is 2.08. The second-order valence-corrected chi connectivity index (χ2v) is 4.31. The molecule has 6 heteroatoms. The highest BCUT2D eigenvalue weighted by atomic mass is 35.5. The average Bonchev–Trinajstić information content (AvgIpc) is 2.43. The summed E-state index contributed by atoms with van der Waals surface area (Å²) in [6.45, 7) is 0. The van der Waals surface area contributed by atoms with E-state index >= 15 is 0 Å². The van der Waals surface area contributed by atoms with Gasteiger partial charge in [-0.05, 0) is 30.3 Å². The van der Waals surface area contributed by atoms with E-state index in [1.165, 1.54) is 18.2 Å². The molecular formula is C14H10ClN3O2. The number of carbonyl (C=O) groups is 1. The molecule has 5 nitrogen and oxygen atoms in total. The molecule has 0 heterocycles. The quantitative estimate of drug-likeness (QED) is 0.738. The first kappa shape index (κ1) is 13.7. The molecule has 0 atom stereocenters. The first-order valence-electron chi connectivity index (χ1n) is 5.66. The second kappa shape index (κ2) is 5.95. The van der Waals surface area contributed by atoms with Gasteiger partial charge in [-0.15, -0.1) is 0 Å². The third-order valence-corrected chi connectivity index (χ3v) is 2.83. The molecule has 0 unspecified atom stereocenters. The van der Waals surface area contributed by atoms with Gasteiger partial charge in [0, 0.05) is 0 Å². The molecule has 0 saturated carbocycles. The van der Waals surface area contributed by atoms with Crippen LogP contribution in [0, 0.1) is 11.3 Å². The Morgan fingerprint density at radius 2 is 1.85 bits per heavy atom. The second-order valence-electron chi connectivity index (χ2n) is 3.90. The zero-order valence-electron chi connectivity index (χ0n) is 10.2. The maximum Gasteiger partial charge on any atom is 0.323 e. The number of nitrogens with zero attached hydrogens (tertiary/aromatic N) is 1. The molecule has 3 N–H and O–H groups in total. The molecule has 2 aromatic rings. The number of para-hydroxylation sites is 1. The highest BCUT2D eigenvalue weighted by molar-refractivity contribution is 6.33. The molecule has 0 aliphatic carbocycles. The Morgan fingerprint density at radius 3 is 2.50 bits per heavy atom. The van der Waals surface area contributed by atoms with Crippen molar-refractivity contribution in [1.29, 1.82) is 5.26 Å². The van der Waals surface area contributed by atoms with E-state index in [2.05, 4.69) is 10.6 Å². The standard InChI is InChI=1S/C14H10ClN3O2/c15-10-3-1-2-4-11(10)17-14(20)18-12-6-5-9(8-16)7-13(12)19/h1-7,19H,(H2,17,18,20). The van der Waals surface area contributed by atoms with Crippen molar-refractivity contribution in [3.8, 4) is 11.8 Å². The summed E-state index contributed by atoms with van der Waals surface area (Å²) >= 11 is 5.91. The predicted octanol–water partition coefficient (Wildman–Crippen LogP) is 3.56. The van der Waals surface area contributed by atoms with E-state index in [4.69, 9.17) is 16.9 Å². The van der Waals surface area contributed by atoms with E-state index < -0.39 is 6.03 Å². The van der Waals surface area contributed by atoms with Crippen molar-refractivity contribution in [1.82, 2.24) is 0 Å². The predicted molar refractivity (Wildman–Crippen MR) is 76.9 cm³/mol. The molecule has 2 amide bonds. The lowest BCUT2D eigenvalue weighted by Gasteiger charge is -2.10. The van der Waals surface area contributed by atoms with E-state index in [0.717, 1.165) is 0 Å². The van der Waals surface area contributed by atoms with Gasteiger partial charge in [0.15, 0.2) is 0 Å². The van der Waals surface area contributed by atoms with Gasteiger partial charge in [-0.2, -0.15) is 5.26 Å². The van der Waals surface area contributed by atoms with E-state index in [0.29, 0.717) is 16.3 Å². The van der Waals surface area contributed by atoms with Crippen molar-refractivity contribution in [3.63, 3.8) is 0 Å². The van der Waals surface area contributed by atoms with Gasteiger partial charge in [0.25, 0.3) is 0 Å². The Balaban J connectivity index is 2.09. The number of phenolic OH excluding ortho intramolecular Hbond substituents is 1. The Kier molecular flexibility index (Phi) is 4.08. The van der Waals surface area contributed by atoms with Gasteiger partial charge in [-0.1, -0.05) is 23.7 Å². The number of aromatic hydroxyl groups is 1. The Hall–Kier alpha value is -2.71. The number of hydrogen-bond donors (Lipinski definition) is 3. The largest absolute Gasteiger partial charge is 0.506 e. The number of amides is 2. The van der Waals surface area contributed by atoms with Crippen molar-refractivity contribution in [2.75, 3.05) is 10.6 Å². The highest BCUT2D eigenvalue weighted by Crippen LogP contribution is 2.25. The van der Waals surface area contributed by atoms with Gasteiger partial charge in [-0.3, -0.25) is 0 Å². The fraction of sp³-hybridized carbons (Fsp3) is 0. The number of nitriles is 1. The van der Waals surface area contributed by atoms with Crippen molar-refractivity contribution >= 4 is 29.0 Å². The summed E-state index contributed by atoms with van der Waals surface area (Å²) in [7, 11) is 0. The number of rotatable bonds is 2. The summed E-state index contributed by atoms with van der Waals surface area (Å²) in [6, 6.07) is 12.3. The van der Waals surface area contributed by atoms with Crippen LogP contribution in [0.5, 0.6) is 5.75 Å². The van der Waals surface area contributed by atoms with E-state index in [-0.39, 0.29) is 11.4 Å². The Bertz CT molecular complexity index is 695. The molecule has 0 aromatic heterocycles. The number of halogens is 1. The maximum absolute atomic E-state index is 11.8. The maximum atomic E-state index is 11.8. The Labute approximate surface area is 120 Å². The van der Waals surface area contributed by atoms with Crippen molar-refractivity contribution in [3.05, 3.63) is 53.1 Å².